The van der Waals surface area contributed by atoms with Crippen molar-refractivity contribution in [1.82, 2.24) is 4.98 Å². The van der Waals surface area contributed by atoms with E-state index in [4.69, 9.17) is 21.1 Å². The molecule has 3 rings (SSSR count). The van der Waals surface area contributed by atoms with Crippen LogP contribution in [0.15, 0.2) is 36.5 Å². The zero-order valence-corrected chi connectivity index (χ0v) is 13.8. The lowest BCUT2D eigenvalue weighted by molar-refractivity contribution is -0.142. The molecule has 4 nitrogen and oxygen atoms in total. The largest absolute Gasteiger partial charge is 0.493 e. The average molecular weight is 332 g/mol. The Kier molecular flexibility index (Phi) is 4.53. The second-order valence-electron chi connectivity index (χ2n) is 5.81. The quantitative estimate of drug-likeness (QED) is 0.616. The Hall–Kier alpha value is -2.07. The lowest BCUT2D eigenvalue weighted by atomic mass is 10.1. The first-order chi connectivity index (χ1) is 11.1. The zero-order valence-electron chi connectivity index (χ0n) is 13.1. The van der Waals surface area contributed by atoms with E-state index in [1.54, 1.807) is 6.20 Å². The molecule has 0 bridgehead atoms. The highest BCUT2D eigenvalue weighted by Crippen LogP contribution is 2.39. The van der Waals surface area contributed by atoms with Gasteiger partial charge in [-0.1, -0.05) is 23.7 Å². The molecule has 1 aromatic carbocycles. The number of esters is 1. The SMILES string of the molecule is COC(=O)C1CC1COc1ccc(-c2cc(C)cnc2Cl)cc1. The third kappa shape index (κ3) is 3.64. The number of methoxy groups -OCH3 is 1. The Balaban J connectivity index is 1.62. The van der Waals surface area contributed by atoms with E-state index in [2.05, 4.69) is 4.98 Å². The fraction of sp³-hybridized carbons (Fsp3) is 0.333. The van der Waals surface area contributed by atoms with Crippen molar-refractivity contribution < 1.29 is 14.3 Å². The highest BCUT2D eigenvalue weighted by Gasteiger charge is 2.44. The minimum absolute atomic E-state index is 0.00329. The van der Waals surface area contributed by atoms with Gasteiger partial charge in [-0.15, -0.1) is 0 Å². The first-order valence-corrected chi connectivity index (χ1v) is 7.89. The molecule has 1 saturated carbocycles. The van der Waals surface area contributed by atoms with Gasteiger partial charge in [-0.05, 0) is 42.7 Å². The first kappa shape index (κ1) is 15.8. The van der Waals surface area contributed by atoms with Crippen molar-refractivity contribution in [3.8, 4) is 16.9 Å². The summed E-state index contributed by atoms with van der Waals surface area (Å²) in [4.78, 5) is 15.5. The zero-order chi connectivity index (χ0) is 16.4. The van der Waals surface area contributed by atoms with Crippen molar-refractivity contribution >= 4 is 17.6 Å². The number of hydrogen-bond acceptors (Lipinski definition) is 4. The lowest BCUT2D eigenvalue weighted by Crippen LogP contribution is -2.08. The molecular formula is C18H18ClNO3. The highest BCUT2D eigenvalue weighted by molar-refractivity contribution is 6.32. The molecule has 23 heavy (non-hydrogen) atoms. The van der Waals surface area contributed by atoms with Crippen LogP contribution >= 0.6 is 11.6 Å². The van der Waals surface area contributed by atoms with Gasteiger partial charge in [0.15, 0.2) is 0 Å². The molecule has 0 N–H and O–H groups in total. The van der Waals surface area contributed by atoms with Crippen molar-refractivity contribution in [3.63, 3.8) is 0 Å². The van der Waals surface area contributed by atoms with Crippen LogP contribution in [-0.2, 0) is 9.53 Å². The number of benzene rings is 1. The van der Waals surface area contributed by atoms with Crippen LogP contribution in [0.4, 0.5) is 0 Å². The summed E-state index contributed by atoms with van der Waals surface area (Å²) in [5.41, 5.74) is 2.97. The van der Waals surface area contributed by atoms with Crippen molar-refractivity contribution in [2.45, 2.75) is 13.3 Å². The third-order valence-corrected chi connectivity index (χ3v) is 4.33. The molecule has 1 fully saturated rings. The van der Waals surface area contributed by atoms with E-state index >= 15 is 0 Å². The van der Waals surface area contributed by atoms with Crippen LogP contribution < -0.4 is 4.74 Å². The smallest absolute Gasteiger partial charge is 0.309 e. The molecule has 1 aromatic heterocycles. The standard InChI is InChI=1S/C18H18ClNO3/c1-11-7-15(17(19)20-9-11)12-3-5-14(6-4-12)23-10-13-8-16(13)18(21)22-2/h3-7,9,13,16H,8,10H2,1-2H3. The molecule has 0 radical (unpaired) electrons. The van der Waals surface area contributed by atoms with Crippen LogP contribution in [0.2, 0.25) is 5.15 Å². The predicted octanol–water partition coefficient (Wildman–Crippen LogP) is 3.90. The summed E-state index contributed by atoms with van der Waals surface area (Å²) in [5, 5.41) is 0.489. The molecule has 0 spiro atoms. The summed E-state index contributed by atoms with van der Waals surface area (Å²) in [6.45, 7) is 2.52. The third-order valence-electron chi connectivity index (χ3n) is 4.03. The summed E-state index contributed by atoms with van der Waals surface area (Å²) in [6.07, 6.45) is 2.59. The monoisotopic (exact) mass is 331 g/mol. The number of halogens is 1. The number of rotatable bonds is 5. The molecule has 120 valence electrons. The molecule has 0 saturated heterocycles. The number of nitrogens with zero attached hydrogens (tertiary/aromatic N) is 1. The maximum atomic E-state index is 11.4. The van der Waals surface area contributed by atoms with E-state index in [1.807, 2.05) is 37.3 Å². The van der Waals surface area contributed by atoms with Crippen LogP contribution in [0.3, 0.4) is 0 Å². The van der Waals surface area contributed by atoms with Crippen molar-refractivity contribution in [2.75, 3.05) is 13.7 Å². The van der Waals surface area contributed by atoms with Crippen molar-refractivity contribution in [1.29, 1.82) is 0 Å². The number of ether oxygens (including phenoxy) is 2. The molecule has 1 aliphatic rings. The van der Waals surface area contributed by atoms with Crippen LogP contribution in [0.25, 0.3) is 11.1 Å². The summed E-state index contributed by atoms with van der Waals surface area (Å²) in [6, 6.07) is 9.74. The fourth-order valence-electron chi connectivity index (χ4n) is 2.56. The normalized spacial score (nSPS) is 19.3. The summed E-state index contributed by atoms with van der Waals surface area (Å²) in [5.74, 6) is 0.894. The van der Waals surface area contributed by atoms with E-state index in [-0.39, 0.29) is 17.8 Å². The lowest BCUT2D eigenvalue weighted by Gasteiger charge is -2.08. The van der Waals surface area contributed by atoms with Gasteiger partial charge in [0.05, 0.1) is 19.6 Å². The van der Waals surface area contributed by atoms with E-state index in [0.717, 1.165) is 28.9 Å². The molecule has 1 heterocycles. The number of carbonyl (C=O) groups is 1. The van der Waals surface area contributed by atoms with E-state index in [0.29, 0.717) is 11.8 Å². The Morgan fingerprint density at radius 1 is 1.35 bits per heavy atom. The molecule has 2 atom stereocenters. The van der Waals surface area contributed by atoms with Gasteiger partial charge < -0.3 is 9.47 Å². The minimum atomic E-state index is -0.143. The number of hydrogen-bond donors (Lipinski definition) is 0. The van der Waals surface area contributed by atoms with Crippen LogP contribution in [0, 0.1) is 18.8 Å². The number of pyridine rings is 1. The van der Waals surface area contributed by atoms with Crippen LogP contribution in [0.5, 0.6) is 5.75 Å². The number of aromatic nitrogens is 1. The van der Waals surface area contributed by atoms with Gasteiger partial charge in [0.2, 0.25) is 0 Å². The van der Waals surface area contributed by atoms with Gasteiger partial charge in [-0.2, -0.15) is 0 Å². The second-order valence-corrected chi connectivity index (χ2v) is 6.17. The van der Waals surface area contributed by atoms with Gasteiger partial charge in [-0.25, -0.2) is 4.98 Å². The highest BCUT2D eigenvalue weighted by atomic mass is 35.5. The molecule has 0 amide bonds. The van der Waals surface area contributed by atoms with Crippen molar-refractivity contribution in [2.24, 2.45) is 11.8 Å². The van der Waals surface area contributed by atoms with Gasteiger partial charge in [0, 0.05) is 17.7 Å². The minimum Gasteiger partial charge on any atom is -0.493 e. The fourth-order valence-corrected chi connectivity index (χ4v) is 2.77. The average Bonchev–Trinajstić information content (AvgIpc) is 3.35. The van der Waals surface area contributed by atoms with Gasteiger partial charge in [-0.3, -0.25) is 4.79 Å². The Morgan fingerprint density at radius 3 is 2.78 bits per heavy atom. The van der Waals surface area contributed by atoms with E-state index < -0.39 is 0 Å². The maximum absolute atomic E-state index is 11.4. The second kappa shape index (κ2) is 6.59. The summed E-state index contributed by atoms with van der Waals surface area (Å²) < 4.78 is 10.5. The van der Waals surface area contributed by atoms with Gasteiger partial charge >= 0.3 is 5.97 Å². The Morgan fingerprint density at radius 2 is 2.09 bits per heavy atom. The molecular weight excluding hydrogens is 314 g/mol. The number of carbonyl (C=O) groups excluding carboxylic acids is 1. The summed E-state index contributed by atoms with van der Waals surface area (Å²) in [7, 11) is 1.42. The van der Waals surface area contributed by atoms with Gasteiger partial charge in [0.1, 0.15) is 10.9 Å². The molecule has 1 aliphatic carbocycles. The molecule has 2 aromatic rings. The molecule has 0 aliphatic heterocycles. The maximum Gasteiger partial charge on any atom is 0.309 e. The topological polar surface area (TPSA) is 48.4 Å². The Labute approximate surface area is 140 Å². The Bertz CT molecular complexity index is 715. The van der Waals surface area contributed by atoms with Crippen LogP contribution in [0.1, 0.15) is 12.0 Å². The van der Waals surface area contributed by atoms with Crippen molar-refractivity contribution in [3.05, 3.63) is 47.2 Å². The van der Waals surface area contributed by atoms with Gasteiger partial charge in [0.25, 0.3) is 0 Å². The first-order valence-electron chi connectivity index (χ1n) is 7.51. The molecule has 5 heteroatoms. The van der Waals surface area contributed by atoms with Crippen LogP contribution in [-0.4, -0.2) is 24.7 Å². The molecule has 2 unspecified atom stereocenters. The van der Waals surface area contributed by atoms with E-state index in [9.17, 15) is 4.79 Å². The van der Waals surface area contributed by atoms with E-state index in [1.165, 1.54) is 7.11 Å². The summed E-state index contributed by atoms with van der Waals surface area (Å²) >= 11 is 6.15. The predicted molar refractivity (Wildman–Crippen MR) is 88.5 cm³/mol. The number of aryl methyl sites for hydroxylation is 1.